The van der Waals surface area contributed by atoms with E-state index in [1.807, 2.05) is 5.38 Å². The Hall–Kier alpha value is -2.23. The molecule has 6 nitrogen and oxygen atoms in total. The lowest BCUT2D eigenvalue weighted by Gasteiger charge is -2.15. The van der Waals surface area contributed by atoms with Gasteiger partial charge in [0.25, 0.3) is 5.91 Å². The molecule has 2 atom stereocenters. The van der Waals surface area contributed by atoms with Crippen LogP contribution in [0.25, 0.3) is 11.1 Å². The first kappa shape index (κ1) is 24.4. The van der Waals surface area contributed by atoms with Crippen LogP contribution in [0, 0.1) is 5.92 Å². The molecule has 2 aromatic carbocycles. The van der Waals surface area contributed by atoms with Crippen LogP contribution in [0.5, 0.6) is 0 Å². The fourth-order valence-electron chi connectivity index (χ4n) is 3.39. The Labute approximate surface area is 199 Å². The van der Waals surface area contributed by atoms with Crippen molar-refractivity contribution in [2.24, 2.45) is 5.92 Å². The number of thiophene rings is 1. The van der Waals surface area contributed by atoms with Gasteiger partial charge in [0.15, 0.2) is 0 Å². The van der Waals surface area contributed by atoms with Crippen LogP contribution in [-0.2, 0) is 17.7 Å². The summed E-state index contributed by atoms with van der Waals surface area (Å²) in [5.74, 6) is 0.110. The van der Waals surface area contributed by atoms with Crippen LogP contribution in [0.3, 0.4) is 0 Å². The summed E-state index contributed by atoms with van der Waals surface area (Å²) >= 11 is 5.09. The topological polar surface area (TPSA) is 101 Å². The first-order chi connectivity index (χ1) is 15.3. The fraction of sp³-hybridized carbons (Fsp3) is 0.261. The van der Waals surface area contributed by atoms with Gasteiger partial charge in [0.1, 0.15) is 0 Å². The van der Waals surface area contributed by atoms with E-state index in [0.717, 1.165) is 23.1 Å². The lowest BCUT2D eigenvalue weighted by Crippen LogP contribution is -2.28. The lowest BCUT2D eigenvalue weighted by molar-refractivity contribution is 0.0921. The molecule has 0 radical (unpaired) electrons. The summed E-state index contributed by atoms with van der Waals surface area (Å²) in [4.78, 5) is 13.6. The van der Waals surface area contributed by atoms with Gasteiger partial charge in [-0.2, -0.15) is 0 Å². The number of hydrogen-bond donors (Lipinski definition) is 3. The van der Waals surface area contributed by atoms with E-state index in [1.165, 1.54) is 11.3 Å². The summed E-state index contributed by atoms with van der Waals surface area (Å²) in [5, 5.41) is 15.7. The van der Waals surface area contributed by atoms with Crippen LogP contribution in [0.1, 0.15) is 40.8 Å². The number of aliphatic hydroxyl groups excluding tert-OH is 1. The maximum atomic E-state index is 13.0. The highest BCUT2D eigenvalue weighted by atomic mass is 35.5. The number of nitrogens with one attached hydrogen (secondary N) is 2. The van der Waals surface area contributed by atoms with E-state index in [0.29, 0.717) is 27.1 Å². The van der Waals surface area contributed by atoms with Crippen molar-refractivity contribution in [3.8, 4) is 11.1 Å². The molecule has 170 valence electrons. The number of carbonyl (C=O) groups is 1. The summed E-state index contributed by atoms with van der Waals surface area (Å²) in [6.07, 6.45) is -0.129. The second-order valence-electron chi connectivity index (χ2n) is 7.72. The van der Waals surface area contributed by atoms with Crippen LogP contribution in [0.2, 0.25) is 5.02 Å². The maximum absolute atomic E-state index is 13.0. The predicted octanol–water partition coefficient (Wildman–Crippen LogP) is 4.94. The Morgan fingerprint density at radius 1 is 1.19 bits per heavy atom. The molecule has 0 bridgehead atoms. The molecule has 9 heteroatoms. The first-order valence-corrected chi connectivity index (χ1v) is 12.4. The highest BCUT2D eigenvalue weighted by Gasteiger charge is 2.21. The Morgan fingerprint density at radius 2 is 1.88 bits per heavy atom. The largest absolute Gasteiger partial charge is 0.755 e. The molecular formula is C23H24ClN2O4S2-. The van der Waals surface area contributed by atoms with Crippen molar-refractivity contribution in [3.05, 3.63) is 74.9 Å². The van der Waals surface area contributed by atoms with Gasteiger partial charge in [-0.05, 0) is 47.0 Å². The van der Waals surface area contributed by atoms with E-state index in [1.54, 1.807) is 48.5 Å². The summed E-state index contributed by atoms with van der Waals surface area (Å²) in [6.45, 7) is 4.24. The molecule has 0 saturated heterocycles. The van der Waals surface area contributed by atoms with Crippen LogP contribution < -0.4 is 10.0 Å². The molecule has 0 spiro atoms. The Bertz CT molecular complexity index is 1100. The SMILES string of the molecule is CC(C)Cc1csc(C(=O)NCC(O)c2ccccc2Cl)c1-c1ccc(NS(=O)[O-])cc1. The van der Waals surface area contributed by atoms with Crippen LogP contribution >= 0.6 is 22.9 Å². The Balaban J connectivity index is 1.84. The lowest BCUT2D eigenvalue weighted by atomic mass is 9.95. The van der Waals surface area contributed by atoms with Crippen LogP contribution in [0.4, 0.5) is 5.69 Å². The standard InChI is InChI=1S/C23H25ClN2O4S2/c1-14(2)11-16-13-31-22(21(16)15-7-9-17(10-8-15)26-32(29)30)23(28)25-12-20(27)18-5-3-4-6-19(18)24/h3-10,13-14,20,26-27H,11-12H2,1-2H3,(H,25,28)(H,29,30)/p-1. The van der Waals surface area contributed by atoms with Gasteiger partial charge in [-0.25, -0.2) is 0 Å². The van der Waals surface area contributed by atoms with Gasteiger partial charge in [-0.15, -0.1) is 11.3 Å². The zero-order valence-corrected chi connectivity index (χ0v) is 20.0. The van der Waals surface area contributed by atoms with Gasteiger partial charge in [0, 0.05) is 39.6 Å². The summed E-state index contributed by atoms with van der Waals surface area (Å²) < 4.78 is 24.0. The van der Waals surface area contributed by atoms with Crippen molar-refractivity contribution in [3.63, 3.8) is 0 Å². The predicted molar refractivity (Wildman–Crippen MR) is 130 cm³/mol. The van der Waals surface area contributed by atoms with Gasteiger partial charge in [-0.1, -0.05) is 55.8 Å². The number of anilines is 1. The molecule has 1 heterocycles. The number of benzene rings is 2. The molecular weight excluding hydrogens is 468 g/mol. The second kappa shape index (κ2) is 11.1. The zero-order chi connectivity index (χ0) is 23.3. The van der Waals surface area contributed by atoms with Gasteiger partial charge in [0.05, 0.1) is 11.0 Å². The highest BCUT2D eigenvalue weighted by Crippen LogP contribution is 2.35. The van der Waals surface area contributed by atoms with E-state index in [2.05, 4.69) is 23.9 Å². The van der Waals surface area contributed by atoms with Crippen LogP contribution in [-0.4, -0.2) is 26.3 Å². The fourth-order valence-corrected chi connectivity index (χ4v) is 5.00. The van der Waals surface area contributed by atoms with Crippen molar-refractivity contribution in [2.75, 3.05) is 11.3 Å². The van der Waals surface area contributed by atoms with Crippen molar-refractivity contribution < 1.29 is 18.7 Å². The number of halogens is 1. The number of rotatable bonds is 9. The van der Waals surface area contributed by atoms with Crippen molar-refractivity contribution in [1.82, 2.24) is 5.32 Å². The number of hydrogen-bond acceptors (Lipinski definition) is 5. The van der Waals surface area contributed by atoms with Crippen molar-refractivity contribution >= 4 is 45.8 Å². The van der Waals surface area contributed by atoms with Crippen molar-refractivity contribution in [2.45, 2.75) is 26.4 Å². The molecule has 3 aromatic rings. The van der Waals surface area contributed by atoms with Crippen LogP contribution in [0.15, 0.2) is 53.9 Å². The minimum absolute atomic E-state index is 0.0254. The van der Waals surface area contributed by atoms with Gasteiger partial charge in [0.2, 0.25) is 0 Å². The Kier molecular flexibility index (Phi) is 8.44. The van der Waals surface area contributed by atoms with E-state index in [-0.39, 0.29) is 12.5 Å². The molecule has 0 saturated carbocycles. The Morgan fingerprint density at radius 3 is 2.50 bits per heavy atom. The highest BCUT2D eigenvalue weighted by molar-refractivity contribution is 7.80. The van der Waals surface area contributed by atoms with E-state index < -0.39 is 17.4 Å². The van der Waals surface area contributed by atoms with E-state index in [4.69, 9.17) is 11.6 Å². The third-order valence-electron chi connectivity index (χ3n) is 4.80. The molecule has 32 heavy (non-hydrogen) atoms. The monoisotopic (exact) mass is 491 g/mol. The molecule has 0 aliphatic heterocycles. The second-order valence-corrected chi connectivity index (χ2v) is 9.68. The van der Waals surface area contributed by atoms with Gasteiger partial charge >= 0.3 is 0 Å². The summed E-state index contributed by atoms with van der Waals surface area (Å²) in [5.41, 5.74) is 3.69. The molecule has 3 N–H and O–H groups in total. The molecule has 1 aromatic heterocycles. The minimum Gasteiger partial charge on any atom is -0.755 e. The normalized spacial score (nSPS) is 13.1. The molecule has 0 fully saturated rings. The molecule has 0 aliphatic rings. The smallest absolute Gasteiger partial charge is 0.262 e. The zero-order valence-electron chi connectivity index (χ0n) is 17.6. The number of carbonyl (C=O) groups excluding carboxylic acids is 1. The third kappa shape index (κ3) is 6.17. The molecule has 1 amide bonds. The third-order valence-corrected chi connectivity index (χ3v) is 6.57. The van der Waals surface area contributed by atoms with Gasteiger partial charge in [-0.3, -0.25) is 9.00 Å². The average molecular weight is 492 g/mol. The minimum atomic E-state index is -2.40. The maximum Gasteiger partial charge on any atom is 0.262 e. The van der Waals surface area contributed by atoms with Gasteiger partial charge < -0.3 is 19.7 Å². The average Bonchev–Trinajstić information content (AvgIpc) is 3.15. The van der Waals surface area contributed by atoms with E-state index >= 15 is 0 Å². The molecule has 2 unspecified atom stereocenters. The first-order valence-electron chi connectivity index (χ1n) is 10.0. The number of aliphatic hydroxyl groups is 1. The summed E-state index contributed by atoms with van der Waals surface area (Å²) in [6, 6.07) is 13.9. The van der Waals surface area contributed by atoms with Crippen molar-refractivity contribution in [1.29, 1.82) is 0 Å². The number of amides is 1. The molecule has 3 rings (SSSR count). The quantitative estimate of drug-likeness (QED) is 0.369. The van der Waals surface area contributed by atoms with E-state index in [9.17, 15) is 18.7 Å². The molecule has 0 aliphatic carbocycles. The summed E-state index contributed by atoms with van der Waals surface area (Å²) in [7, 11) is 0.